The molecule has 1 fully saturated rings. The van der Waals surface area contributed by atoms with Gasteiger partial charge in [0.1, 0.15) is 5.84 Å². The fourth-order valence-electron chi connectivity index (χ4n) is 3.01. The van der Waals surface area contributed by atoms with Crippen LogP contribution >= 0.6 is 0 Å². The van der Waals surface area contributed by atoms with E-state index in [0.717, 1.165) is 18.8 Å². The Bertz CT molecular complexity index is 464. The van der Waals surface area contributed by atoms with Gasteiger partial charge in [-0.3, -0.25) is 9.58 Å². The van der Waals surface area contributed by atoms with Crippen molar-refractivity contribution in [2.24, 2.45) is 16.8 Å². The summed E-state index contributed by atoms with van der Waals surface area (Å²) in [5, 5.41) is 16.5. The van der Waals surface area contributed by atoms with Gasteiger partial charge in [-0.1, -0.05) is 31.3 Å². The van der Waals surface area contributed by atoms with Crippen LogP contribution in [-0.4, -0.2) is 39.3 Å². The Balaban J connectivity index is 1.86. The molecule has 1 unspecified atom stereocenters. The number of oxime groups is 1. The molecule has 118 valence electrons. The summed E-state index contributed by atoms with van der Waals surface area (Å²) in [4.78, 5) is 2.15. The van der Waals surface area contributed by atoms with Crippen LogP contribution in [0.25, 0.3) is 0 Å². The molecule has 6 heteroatoms. The molecule has 0 aliphatic heterocycles. The second-order valence-electron chi connectivity index (χ2n) is 6.20. The largest absolute Gasteiger partial charge is 0.409 e. The van der Waals surface area contributed by atoms with Crippen LogP contribution in [-0.2, 0) is 6.54 Å². The molecule has 2 rings (SSSR count). The smallest absolute Gasteiger partial charge is 0.143 e. The van der Waals surface area contributed by atoms with Gasteiger partial charge in [0.25, 0.3) is 0 Å². The summed E-state index contributed by atoms with van der Waals surface area (Å²) in [5.74, 6) is 0.301. The Labute approximate surface area is 126 Å². The summed E-state index contributed by atoms with van der Waals surface area (Å²) in [6.45, 7) is 3.47. The molecule has 1 aromatic heterocycles. The lowest BCUT2D eigenvalue weighted by molar-refractivity contribution is 0.284. The minimum absolute atomic E-state index is 0.0282. The Morgan fingerprint density at radius 3 is 2.90 bits per heavy atom. The van der Waals surface area contributed by atoms with Crippen molar-refractivity contribution in [1.29, 1.82) is 0 Å². The third kappa shape index (κ3) is 4.46. The Hall–Kier alpha value is -1.56. The minimum atomic E-state index is 0.0282. The molecule has 1 aromatic rings. The van der Waals surface area contributed by atoms with Crippen molar-refractivity contribution in [2.75, 3.05) is 13.6 Å². The average molecular weight is 293 g/mol. The molecule has 21 heavy (non-hydrogen) atoms. The van der Waals surface area contributed by atoms with E-state index >= 15 is 0 Å². The number of aromatic nitrogens is 2. The van der Waals surface area contributed by atoms with E-state index in [1.165, 1.54) is 32.1 Å². The van der Waals surface area contributed by atoms with Gasteiger partial charge in [-0.25, -0.2) is 0 Å². The average Bonchev–Trinajstić information content (AvgIpc) is 2.95. The van der Waals surface area contributed by atoms with E-state index in [4.69, 9.17) is 16.0 Å². The first-order valence-corrected chi connectivity index (χ1v) is 7.80. The number of nitrogens with two attached hydrogens (primary N) is 1. The zero-order valence-corrected chi connectivity index (χ0v) is 13.1. The van der Waals surface area contributed by atoms with E-state index in [2.05, 4.69) is 27.0 Å². The van der Waals surface area contributed by atoms with Gasteiger partial charge >= 0.3 is 0 Å². The van der Waals surface area contributed by atoms with E-state index in [0.29, 0.717) is 6.04 Å². The Morgan fingerprint density at radius 1 is 1.52 bits per heavy atom. The second-order valence-corrected chi connectivity index (χ2v) is 6.20. The van der Waals surface area contributed by atoms with Crippen molar-refractivity contribution in [2.45, 2.75) is 51.6 Å². The summed E-state index contributed by atoms with van der Waals surface area (Å²) in [6.07, 6.45) is 8.59. The van der Waals surface area contributed by atoms with Crippen LogP contribution in [0.3, 0.4) is 0 Å². The zero-order chi connectivity index (χ0) is 15.2. The molecule has 1 atom stereocenters. The maximum atomic E-state index is 8.68. The molecule has 0 bridgehead atoms. The van der Waals surface area contributed by atoms with Crippen molar-refractivity contribution < 1.29 is 5.21 Å². The van der Waals surface area contributed by atoms with Gasteiger partial charge in [-0.2, -0.15) is 5.10 Å². The van der Waals surface area contributed by atoms with Crippen molar-refractivity contribution in [3.63, 3.8) is 0 Å². The predicted octanol–water partition coefficient (Wildman–Crippen LogP) is 2.20. The fraction of sp³-hybridized carbons (Fsp3) is 0.733. The molecule has 0 radical (unpaired) electrons. The molecule has 0 aromatic carbocycles. The van der Waals surface area contributed by atoms with Gasteiger partial charge in [0.15, 0.2) is 0 Å². The maximum absolute atomic E-state index is 8.68. The van der Waals surface area contributed by atoms with E-state index in [-0.39, 0.29) is 11.8 Å². The molecule has 1 aliphatic carbocycles. The quantitative estimate of drug-likeness (QED) is 0.365. The number of nitrogens with zero attached hydrogens (tertiary/aromatic N) is 4. The van der Waals surface area contributed by atoms with Crippen LogP contribution in [0, 0.1) is 5.92 Å². The van der Waals surface area contributed by atoms with Crippen molar-refractivity contribution in [1.82, 2.24) is 14.7 Å². The minimum Gasteiger partial charge on any atom is -0.409 e. The third-order valence-electron chi connectivity index (χ3n) is 4.25. The van der Waals surface area contributed by atoms with Crippen LogP contribution in [0.2, 0.25) is 0 Å². The summed E-state index contributed by atoms with van der Waals surface area (Å²) in [5.41, 5.74) is 6.69. The van der Waals surface area contributed by atoms with Crippen LogP contribution in [0.4, 0.5) is 0 Å². The van der Waals surface area contributed by atoms with Gasteiger partial charge in [-0.15, -0.1) is 0 Å². The first-order valence-electron chi connectivity index (χ1n) is 7.80. The van der Waals surface area contributed by atoms with E-state index < -0.39 is 0 Å². The number of hydrogen-bond acceptors (Lipinski definition) is 4. The SMILES string of the molecule is CC(CN(C)Cc1ccn(C2CCCCC2)n1)C(N)=NO. The van der Waals surface area contributed by atoms with E-state index in [9.17, 15) is 0 Å². The highest BCUT2D eigenvalue weighted by atomic mass is 16.4. The normalized spacial score (nSPS) is 19.1. The second kappa shape index (κ2) is 7.45. The fourth-order valence-corrected chi connectivity index (χ4v) is 3.01. The van der Waals surface area contributed by atoms with Gasteiger partial charge in [0, 0.05) is 25.2 Å². The third-order valence-corrected chi connectivity index (χ3v) is 4.25. The topological polar surface area (TPSA) is 79.7 Å². The van der Waals surface area contributed by atoms with Crippen LogP contribution in [0.1, 0.15) is 50.8 Å². The molecule has 6 nitrogen and oxygen atoms in total. The van der Waals surface area contributed by atoms with Crippen LogP contribution < -0.4 is 5.73 Å². The summed E-state index contributed by atoms with van der Waals surface area (Å²) in [6, 6.07) is 2.67. The van der Waals surface area contributed by atoms with E-state index in [1.807, 2.05) is 14.0 Å². The Morgan fingerprint density at radius 2 is 2.24 bits per heavy atom. The first-order chi connectivity index (χ1) is 10.1. The van der Waals surface area contributed by atoms with Crippen molar-refractivity contribution in [3.8, 4) is 0 Å². The predicted molar refractivity (Wildman–Crippen MR) is 83.3 cm³/mol. The van der Waals surface area contributed by atoms with Gasteiger partial charge < -0.3 is 10.9 Å². The highest BCUT2D eigenvalue weighted by Crippen LogP contribution is 2.27. The van der Waals surface area contributed by atoms with Gasteiger partial charge in [0.05, 0.1) is 11.7 Å². The van der Waals surface area contributed by atoms with Gasteiger partial charge in [0.2, 0.25) is 0 Å². The standard InChI is InChI=1S/C15H27N5O/c1-12(15(16)18-21)10-19(2)11-13-8-9-20(17-13)14-6-4-3-5-7-14/h8-9,12,14,21H,3-7,10-11H2,1-2H3,(H2,16,18). The molecule has 3 N–H and O–H groups in total. The Kier molecular flexibility index (Phi) is 5.61. The van der Waals surface area contributed by atoms with Crippen molar-refractivity contribution >= 4 is 5.84 Å². The highest BCUT2D eigenvalue weighted by molar-refractivity contribution is 5.82. The lowest BCUT2D eigenvalue weighted by atomic mass is 9.96. The number of amidine groups is 1. The van der Waals surface area contributed by atoms with Crippen LogP contribution in [0.5, 0.6) is 0 Å². The summed E-state index contributed by atoms with van der Waals surface area (Å²) in [7, 11) is 2.03. The zero-order valence-electron chi connectivity index (χ0n) is 13.1. The first kappa shape index (κ1) is 15.8. The van der Waals surface area contributed by atoms with Crippen molar-refractivity contribution in [3.05, 3.63) is 18.0 Å². The lowest BCUT2D eigenvalue weighted by Crippen LogP contribution is -2.32. The molecule has 1 aliphatic rings. The van der Waals surface area contributed by atoms with Gasteiger partial charge in [-0.05, 0) is 26.0 Å². The molecular weight excluding hydrogens is 266 g/mol. The number of hydrogen-bond donors (Lipinski definition) is 2. The lowest BCUT2D eigenvalue weighted by Gasteiger charge is -2.22. The molecule has 1 heterocycles. The summed E-state index contributed by atoms with van der Waals surface area (Å²) < 4.78 is 2.13. The number of rotatable bonds is 6. The molecule has 0 saturated heterocycles. The molecular formula is C15H27N5O. The van der Waals surface area contributed by atoms with E-state index in [1.54, 1.807) is 0 Å². The molecule has 0 spiro atoms. The highest BCUT2D eigenvalue weighted by Gasteiger charge is 2.17. The maximum Gasteiger partial charge on any atom is 0.143 e. The molecule has 1 saturated carbocycles. The monoisotopic (exact) mass is 293 g/mol. The summed E-state index contributed by atoms with van der Waals surface area (Å²) >= 11 is 0. The van der Waals surface area contributed by atoms with Crippen LogP contribution in [0.15, 0.2) is 17.4 Å². The molecule has 0 amide bonds.